The molecule has 2 aromatic heterocycles. The van der Waals surface area contributed by atoms with Gasteiger partial charge in [0.25, 0.3) is 5.91 Å². The quantitative estimate of drug-likeness (QED) is 0.782. The molecular weight excluding hydrogens is 330 g/mol. The van der Waals surface area contributed by atoms with Gasteiger partial charge in [-0.05, 0) is 55.3 Å². The molecule has 3 aromatic rings. The lowest BCUT2D eigenvalue weighted by molar-refractivity contribution is 0.0998. The number of anilines is 2. The summed E-state index contributed by atoms with van der Waals surface area (Å²) in [5, 5.41) is 3.72. The monoisotopic (exact) mass is 351 g/mol. The van der Waals surface area contributed by atoms with Crippen molar-refractivity contribution in [2.45, 2.75) is 13.8 Å². The number of carbonyl (C=O) groups excluding carboxylic acids is 1. The second-order valence-electron chi connectivity index (χ2n) is 6.54. The van der Waals surface area contributed by atoms with E-state index in [1.165, 1.54) is 5.56 Å². The van der Waals surface area contributed by atoms with Crippen molar-refractivity contribution in [1.82, 2.24) is 4.98 Å². The molecule has 4 rings (SSSR count). The molecule has 1 saturated heterocycles. The lowest BCUT2D eigenvalue weighted by Gasteiger charge is -2.28. The molecular formula is C20H21N3O3. The summed E-state index contributed by atoms with van der Waals surface area (Å²) >= 11 is 0. The van der Waals surface area contributed by atoms with Crippen molar-refractivity contribution in [3.8, 4) is 0 Å². The Balaban J connectivity index is 1.49. The van der Waals surface area contributed by atoms with Gasteiger partial charge in [-0.2, -0.15) is 0 Å². The Hall–Kier alpha value is -2.86. The van der Waals surface area contributed by atoms with Crippen LogP contribution in [-0.2, 0) is 4.74 Å². The maximum absolute atomic E-state index is 12.5. The Labute approximate surface area is 151 Å². The summed E-state index contributed by atoms with van der Waals surface area (Å²) in [5.74, 6) is 0.479. The number of rotatable bonds is 3. The van der Waals surface area contributed by atoms with E-state index in [2.05, 4.69) is 15.2 Å². The number of morpholine rings is 1. The number of nitrogens with zero attached hydrogens (tertiary/aromatic N) is 2. The Bertz CT molecular complexity index is 902. The highest BCUT2D eigenvalue weighted by Gasteiger charge is 2.15. The van der Waals surface area contributed by atoms with Crippen molar-refractivity contribution in [3.63, 3.8) is 0 Å². The highest BCUT2D eigenvalue weighted by molar-refractivity contribution is 6.04. The summed E-state index contributed by atoms with van der Waals surface area (Å²) in [4.78, 5) is 19.0. The number of carbonyl (C=O) groups is 1. The maximum Gasteiger partial charge on any atom is 0.292 e. The number of ether oxygens (including phenoxy) is 1. The van der Waals surface area contributed by atoms with Gasteiger partial charge in [0.2, 0.25) is 0 Å². The van der Waals surface area contributed by atoms with Crippen molar-refractivity contribution in [1.29, 1.82) is 0 Å². The number of hydrogen-bond acceptors (Lipinski definition) is 5. The molecule has 6 heteroatoms. The Kier molecular flexibility index (Phi) is 4.34. The van der Waals surface area contributed by atoms with Crippen LogP contribution in [0.25, 0.3) is 11.0 Å². The van der Waals surface area contributed by atoms with Gasteiger partial charge in [-0.25, -0.2) is 4.98 Å². The second kappa shape index (κ2) is 6.80. The van der Waals surface area contributed by atoms with Crippen LogP contribution in [0.5, 0.6) is 0 Å². The highest BCUT2D eigenvalue weighted by atomic mass is 16.5. The van der Waals surface area contributed by atoms with Crippen LogP contribution in [0, 0.1) is 13.8 Å². The van der Waals surface area contributed by atoms with E-state index in [9.17, 15) is 4.79 Å². The topological polar surface area (TPSA) is 67.6 Å². The van der Waals surface area contributed by atoms with Gasteiger partial charge in [0.05, 0.1) is 25.1 Å². The van der Waals surface area contributed by atoms with Gasteiger partial charge in [-0.3, -0.25) is 4.79 Å². The van der Waals surface area contributed by atoms with Gasteiger partial charge in [-0.1, -0.05) is 0 Å². The Morgan fingerprint density at radius 3 is 2.62 bits per heavy atom. The van der Waals surface area contributed by atoms with E-state index in [1.807, 2.05) is 32.0 Å². The van der Waals surface area contributed by atoms with Crippen LogP contribution in [-0.4, -0.2) is 37.2 Å². The van der Waals surface area contributed by atoms with E-state index in [0.29, 0.717) is 11.4 Å². The van der Waals surface area contributed by atoms with Gasteiger partial charge in [0.1, 0.15) is 11.4 Å². The number of hydrogen-bond donors (Lipinski definition) is 1. The Morgan fingerprint density at radius 2 is 1.88 bits per heavy atom. The molecule has 134 valence electrons. The van der Waals surface area contributed by atoms with E-state index in [1.54, 1.807) is 18.3 Å². The summed E-state index contributed by atoms with van der Waals surface area (Å²) in [5.41, 5.74) is 4.06. The number of aromatic nitrogens is 1. The number of furan rings is 1. The molecule has 0 unspecified atom stereocenters. The zero-order valence-electron chi connectivity index (χ0n) is 14.9. The summed E-state index contributed by atoms with van der Waals surface area (Å²) in [7, 11) is 0. The first-order chi connectivity index (χ1) is 12.6. The number of amides is 1. The number of nitrogens with one attached hydrogen (secondary N) is 1. The molecule has 0 saturated carbocycles. The molecule has 26 heavy (non-hydrogen) atoms. The van der Waals surface area contributed by atoms with Crippen LogP contribution in [0.15, 0.2) is 40.9 Å². The van der Waals surface area contributed by atoms with Crippen LogP contribution in [0.4, 0.5) is 11.5 Å². The molecule has 3 heterocycles. The van der Waals surface area contributed by atoms with Crippen LogP contribution < -0.4 is 10.2 Å². The third-order valence-corrected chi connectivity index (χ3v) is 4.72. The fraction of sp³-hybridized carbons (Fsp3) is 0.300. The molecule has 1 N–H and O–H groups in total. The zero-order chi connectivity index (χ0) is 18.1. The maximum atomic E-state index is 12.5. The molecule has 0 aliphatic carbocycles. The van der Waals surface area contributed by atoms with Gasteiger partial charge in [0.15, 0.2) is 5.76 Å². The first-order valence-electron chi connectivity index (χ1n) is 8.71. The lowest BCUT2D eigenvalue weighted by Crippen LogP contribution is -2.36. The fourth-order valence-electron chi connectivity index (χ4n) is 3.06. The third kappa shape index (κ3) is 3.28. The predicted molar refractivity (Wildman–Crippen MR) is 101 cm³/mol. The summed E-state index contributed by atoms with van der Waals surface area (Å²) in [6, 6.07) is 9.51. The first-order valence-corrected chi connectivity index (χ1v) is 8.71. The molecule has 1 aromatic carbocycles. The van der Waals surface area contributed by atoms with Crippen LogP contribution in [0.1, 0.15) is 21.7 Å². The highest BCUT2D eigenvalue weighted by Crippen LogP contribution is 2.24. The largest absolute Gasteiger partial charge is 0.451 e. The molecule has 1 aliphatic rings. The molecule has 0 bridgehead atoms. The Morgan fingerprint density at radius 1 is 1.12 bits per heavy atom. The molecule has 1 amide bonds. The van der Waals surface area contributed by atoms with Crippen LogP contribution >= 0.6 is 0 Å². The zero-order valence-corrected chi connectivity index (χ0v) is 14.9. The van der Waals surface area contributed by atoms with E-state index in [-0.39, 0.29) is 11.7 Å². The number of benzene rings is 1. The minimum absolute atomic E-state index is 0.282. The van der Waals surface area contributed by atoms with Gasteiger partial charge >= 0.3 is 0 Å². The summed E-state index contributed by atoms with van der Waals surface area (Å²) < 4.78 is 11.1. The van der Waals surface area contributed by atoms with Gasteiger partial charge < -0.3 is 19.4 Å². The SMILES string of the molecule is Cc1cc2cc(C(=O)Nc3ccc(N4CCOCC4)cn3)oc2cc1C. The predicted octanol–water partition coefficient (Wildman–Crippen LogP) is 3.53. The van der Waals surface area contributed by atoms with Gasteiger partial charge in [0, 0.05) is 18.5 Å². The van der Waals surface area contributed by atoms with E-state index < -0.39 is 0 Å². The minimum atomic E-state index is -0.303. The minimum Gasteiger partial charge on any atom is -0.451 e. The standard InChI is InChI=1S/C20H21N3O3/c1-13-9-15-11-18(26-17(15)10-14(13)2)20(24)22-19-4-3-16(12-21-19)23-5-7-25-8-6-23/h3-4,9-12H,5-8H2,1-2H3,(H,21,22,24). The molecule has 6 nitrogen and oxygen atoms in total. The normalized spacial score (nSPS) is 14.6. The van der Waals surface area contributed by atoms with Crippen molar-refractivity contribution in [2.75, 3.05) is 36.5 Å². The average Bonchev–Trinajstić information content (AvgIpc) is 3.06. The van der Waals surface area contributed by atoms with Crippen molar-refractivity contribution in [3.05, 3.63) is 53.4 Å². The number of fused-ring (bicyclic) bond motifs is 1. The molecule has 1 fully saturated rings. The summed E-state index contributed by atoms with van der Waals surface area (Å²) in [6.45, 7) is 7.22. The number of aryl methyl sites for hydroxylation is 2. The molecule has 0 atom stereocenters. The van der Waals surface area contributed by atoms with E-state index >= 15 is 0 Å². The molecule has 0 spiro atoms. The van der Waals surface area contributed by atoms with Crippen LogP contribution in [0.3, 0.4) is 0 Å². The lowest BCUT2D eigenvalue weighted by atomic mass is 10.1. The smallest absolute Gasteiger partial charge is 0.292 e. The van der Waals surface area contributed by atoms with E-state index in [0.717, 1.165) is 42.9 Å². The average molecular weight is 351 g/mol. The molecule has 0 radical (unpaired) electrons. The van der Waals surface area contributed by atoms with Crippen molar-refractivity contribution < 1.29 is 13.9 Å². The summed E-state index contributed by atoms with van der Waals surface area (Å²) in [6.07, 6.45) is 1.77. The second-order valence-corrected chi connectivity index (χ2v) is 6.54. The van der Waals surface area contributed by atoms with Crippen LogP contribution in [0.2, 0.25) is 0 Å². The van der Waals surface area contributed by atoms with Crippen molar-refractivity contribution in [2.24, 2.45) is 0 Å². The van der Waals surface area contributed by atoms with Crippen molar-refractivity contribution >= 4 is 28.4 Å². The van der Waals surface area contributed by atoms with E-state index in [4.69, 9.17) is 9.15 Å². The first kappa shape index (κ1) is 16.6. The molecule has 1 aliphatic heterocycles. The van der Waals surface area contributed by atoms with Gasteiger partial charge in [-0.15, -0.1) is 0 Å². The fourth-order valence-corrected chi connectivity index (χ4v) is 3.06. The number of pyridine rings is 1. The third-order valence-electron chi connectivity index (χ3n) is 4.72.